The number of nitrogens with zero attached hydrogens (tertiary/aromatic N) is 1. The first-order valence-corrected chi connectivity index (χ1v) is 9.29. The molecule has 134 valence electrons. The SMILES string of the molecule is Cc1cc(SC#N)ccc1NC(=O)COC(=O)CSc1ccccc1F. The Kier molecular flexibility index (Phi) is 7.51. The number of thiocyanates is 1. The number of anilines is 1. The number of nitriles is 1. The normalized spacial score (nSPS) is 10.0. The first-order chi connectivity index (χ1) is 12.5. The summed E-state index contributed by atoms with van der Waals surface area (Å²) < 4.78 is 18.4. The van der Waals surface area contributed by atoms with E-state index in [0.29, 0.717) is 10.6 Å². The van der Waals surface area contributed by atoms with Crippen molar-refractivity contribution >= 4 is 41.1 Å². The van der Waals surface area contributed by atoms with Gasteiger partial charge >= 0.3 is 5.97 Å². The largest absolute Gasteiger partial charge is 0.455 e. The molecule has 0 fully saturated rings. The van der Waals surface area contributed by atoms with Crippen LogP contribution in [-0.2, 0) is 14.3 Å². The minimum absolute atomic E-state index is 0.0900. The topological polar surface area (TPSA) is 79.2 Å². The minimum atomic E-state index is -0.606. The molecule has 0 saturated carbocycles. The second kappa shape index (κ2) is 9.85. The van der Waals surface area contributed by atoms with E-state index in [1.807, 2.05) is 5.40 Å². The van der Waals surface area contributed by atoms with Crippen LogP contribution in [0.5, 0.6) is 0 Å². The summed E-state index contributed by atoms with van der Waals surface area (Å²) in [5.74, 6) is -1.58. The Morgan fingerprint density at radius 1 is 1.27 bits per heavy atom. The summed E-state index contributed by atoms with van der Waals surface area (Å²) in [5, 5.41) is 13.3. The van der Waals surface area contributed by atoms with Gasteiger partial charge in [-0.15, -0.1) is 11.8 Å². The van der Waals surface area contributed by atoms with Crippen molar-refractivity contribution in [2.75, 3.05) is 17.7 Å². The zero-order chi connectivity index (χ0) is 18.9. The maximum absolute atomic E-state index is 13.5. The van der Waals surface area contributed by atoms with Gasteiger partial charge in [0, 0.05) is 15.5 Å². The predicted molar refractivity (Wildman–Crippen MR) is 99.4 cm³/mol. The quantitative estimate of drug-likeness (QED) is 0.438. The third-order valence-corrected chi connectivity index (χ3v) is 4.78. The first kappa shape index (κ1) is 19.8. The van der Waals surface area contributed by atoms with Crippen LogP contribution in [0.2, 0.25) is 0 Å². The zero-order valence-corrected chi connectivity index (χ0v) is 15.5. The van der Waals surface area contributed by atoms with E-state index in [1.54, 1.807) is 43.3 Å². The Labute approximate surface area is 158 Å². The second-order valence-electron chi connectivity index (χ2n) is 5.10. The van der Waals surface area contributed by atoms with E-state index in [4.69, 9.17) is 10.00 Å². The smallest absolute Gasteiger partial charge is 0.316 e. The molecule has 0 atom stereocenters. The molecule has 2 aromatic carbocycles. The molecule has 8 heteroatoms. The van der Waals surface area contributed by atoms with Crippen LogP contribution in [0, 0.1) is 23.4 Å². The Balaban J connectivity index is 1.79. The maximum atomic E-state index is 13.5. The van der Waals surface area contributed by atoms with Gasteiger partial charge in [-0.1, -0.05) is 12.1 Å². The minimum Gasteiger partial charge on any atom is -0.455 e. The average Bonchev–Trinajstić information content (AvgIpc) is 2.62. The number of amides is 1. The van der Waals surface area contributed by atoms with Gasteiger partial charge in [-0.3, -0.25) is 9.59 Å². The first-order valence-electron chi connectivity index (χ1n) is 7.49. The lowest BCUT2D eigenvalue weighted by Gasteiger charge is -2.10. The number of carbonyl (C=O) groups excluding carboxylic acids is 2. The summed E-state index contributed by atoms with van der Waals surface area (Å²) in [6.45, 7) is 1.37. The number of ether oxygens (including phenoxy) is 1. The number of esters is 1. The summed E-state index contributed by atoms with van der Waals surface area (Å²) in [5.41, 5.74) is 1.37. The van der Waals surface area contributed by atoms with Crippen LogP contribution in [0.1, 0.15) is 5.56 Å². The monoisotopic (exact) mass is 390 g/mol. The van der Waals surface area contributed by atoms with Gasteiger partial charge in [0.25, 0.3) is 5.91 Å². The molecule has 0 aliphatic rings. The van der Waals surface area contributed by atoms with Crippen molar-refractivity contribution in [3.05, 3.63) is 53.8 Å². The van der Waals surface area contributed by atoms with E-state index in [1.165, 1.54) is 6.07 Å². The van der Waals surface area contributed by atoms with Crippen molar-refractivity contribution in [3.8, 4) is 5.40 Å². The van der Waals surface area contributed by atoms with Gasteiger partial charge in [0.05, 0.1) is 5.75 Å². The highest BCUT2D eigenvalue weighted by molar-refractivity contribution is 8.03. The molecule has 0 unspecified atom stereocenters. The van der Waals surface area contributed by atoms with Crippen LogP contribution in [0.3, 0.4) is 0 Å². The number of aryl methyl sites for hydroxylation is 1. The fraction of sp³-hybridized carbons (Fsp3) is 0.167. The van der Waals surface area contributed by atoms with Crippen LogP contribution in [0.25, 0.3) is 0 Å². The van der Waals surface area contributed by atoms with E-state index < -0.39 is 24.3 Å². The molecule has 0 aliphatic heterocycles. The fourth-order valence-corrected chi connectivity index (χ4v) is 3.18. The Morgan fingerprint density at radius 3 is 2.73 bits per heavy atom. The number of nitrogens with one attached hydrogen (secondary N) is 1. The Morgan fingerprint density at radius 2 is 2.04 bits per heavy atom. The number of hydrogen-bond acceptors (Lipinski definition) is 6. The number of benzene rings is 2. The van der Waals surface area contributed by atoms with Crippen molar-refractivity contribution in [2.24, 2.45) is 0 Å². The molecule has 0 radical (unpaired) electrons. The van der Waals surface area contributed by atoms with Gasteiger partial charge in [0.15, 0.2) is 6.61 Å². The predicted octanol–water partition coefficient (Wildman–Crippen LogP) is 3.98. The molecule has 0 bridgehead atoms. The van der Waals surface area contributed by atoms with Crippen molar-refractivity contribution in [2.45, 2.75) is 16.7 Å². The van der Waals surface area contributed by atoms with E-state index in [9.17, 15) is 14.0 Å². The number of halogens is 1. The molecule has 1 amide bonds. The highest BCUT2D eigenvalue weighted by atomic mass is 32.2. The van der Waals surface area contributed by atoms with Crippen LogP contribution in [0.4, 0.5) is 10.1 Å². The molecule has 1 N–H and O–H groups in total. The number of hydrogen-bond donors (Lipinski definition) is 1. The zero-order valence-electron chi connectivity index (χ0n) is 13.8. The third kappa shape index (κ3) is 6.10. The fourth-order valence-electron chi connectivity index (χ4n) is 1.97. The number of rotatable bonds is 7. The molecule has 26 heavy (non-hydrogen) atoms. The number of carbonyl (C=O) groups is 2. The molecular weight excluding hydrogens is 375 g/mol. The van der Waals surface area contributed by atoms with Crippen molar-refractivity contribution in [1.29, 1.82) is 5.26 Å². The van der Waals surface area contributed by atoms with Gasteiger partial charge in [-0.2, -0.15) is 5.26 Å². The van der Waals surface area contributed by atoms with Crippen molar-refractivity contribution in [1.82, 2.24) is 0 Å². The van der Waals surface area contributed by atoms with E-state index in [2.05, 4.69) is 5.32 Å². The molecule has 0 saturated heterocycles. The Bertz CT molecular complexity index is 853. The van der Waals surface area contributed by atoms with Crippen LogP contribution >= 0.6 is 23.5 Å². The Hall–Kier alpha value is -2.50. The summed E-state index contributed by atoms with van der Waals surface area (Å²) in [6, 6.07) is 11.3. The molecule has 2 aromatic rings. The molecule has 5 nitrogen and oxygen atoms in total. The van der Waals surface area contributed by atoms with Gasteiger partial charge in [0.2, 0.25) is 0 Å². The highest BCUT2D eigenvalue weighted by Gasteiger charge is 2.11. The van der Waals surface area contributed by atoms with E-state index in [0.717, 1.165) is 34.0 Å². The molecule has 0 aromatic heterocycles. The second-order valence-corrected chi connectivity index (χ2v) is 6.97. The lowest BCUT2D eigenvalue weighted by atomic mass is 10.2. The highest BCUT2D eigenvalue weighted by Crippen LogP contribution is 2.23. The summed E-state index contributed by atoms with van der Waals surface area (Å²) in [4.78, 5) is 24.7. The van der Waals surface area contributed by atoms with Gasteiger partial charge in [-0.05, 0) is 54.6 Å². The van der Waals surface area contributed by atoms with Gasteiger partial charge in [-0.25, -0.2) is 4.39 Å². The molecule has 2 rings (SSSR count). The van der Waals surface area contributed by atoms with Gasteiger partial charge < -0.3 is 10.1 Å². The average molecular weight is 390 g/mol. The summed E-state index contributed by atoms with van der Waals surface area (Å²) in [6.07, 6.45) is 0. The molecule has 0 spiro atoms. The number of thioether (sulfide) groups is 2. The summed E-state index contributed by atoms with van der Waals surface area (Å²) in [7, 11) is 0. The standard InChI is InChI=1S/C18H15FN2O3S2/c1-12-8-13(26-11-20)6-7-15(12)21-17(22)9-24-18(23)10-25-16-5-3-2-4-14(16)19/h2-8H,9-10H2,1H3,(H,21,22). The van der Waals surface area contributed by atoms with Crippen molar-refractivity contribution in [3.63, 3.8) is 0 Å². The van der Waals surface area contributed by atoms with E-state index >= 15 is 0 Å². The third-order valence-electron chi connectivity index (χ3n) is 3.18. The molecular formula is C18H15FN2O3S2. The van der Waals surface area contributed by atoms with Crippen LogP contribution in [-0.4, -0.2) is 24.2 Å². The van der Waals surface area contributed by atoms with Crippen LogP contribution in [0.15, 0.2) is 52.3 Å². The summed E-state index contributed by atoms with van der Waals surface area (Å²) >= 11 is 2.04. The lowest BCUT2D eigenvalue weighted by molar-refractivity contribution is -0.144. The lowest BCUT2D eigenvalue weighted by Crippen LogP contribution is -2.22. The van der Waals surface area contributed by atoms with Crippen molar-refractivity contribution < 1.29 is 18.7 Å². The maximum Gasteiger partial charge on any atom is 0.316 e. The van der Waals surface area contributed by atoms with Crippen LogP contribution < -0.4 is 5.32 Å². The van der Waals surface area contributed by atoms with Gasteiger partial charge in [0.1, 0.15) is 11.2 Å². The van der Waals surface area contributed by atoms with E-state index in [-0.39, 0.29) is 5.75 Å². The molecule has 0 aliphatic carbocycles. The molecule has 0 heterocycles.